The molecule has 0 aromatic heterocycles. The first kappa shape index (κ1) is 17.2. The maximum absolute atomic E-state index is 12.4. The molecule has 0 aromatic rings. The largest absolute Gasteiger partial charge is 0.300 e. The lowest BCUT2D eigenvalue weighted by molar-refractivity contribution is -0.141. The third-order valence-corrected chi connectivity index (χ3v) is 11.0. The van der Waals surface area contributed by atoms with Crippen molar-refractivity contribution in [1.82, 2.24) is 0 Å². The Morgan fingerprint density at radius 1 is 1.04 bits per heavy atom. The molecule has 24 heavy (non-hydrogen) atoms. The molecule has 0 bridgehead atoms. The molecule has 4 aliphatic rings. The van der Waals surface area contributed by atoms with Crippen LogP contribution in [-0.4, -0.2) is 15.9 Å². The highest BCUT2D eigenvalue weighted by atomic mass is 79.9. The summed E-state index contributed by atoms with van der Waals surface area (Å²) in [5, 5.41) is 0. The van der Waals surface area contributed by atoms with E-state index in [9.17, 15) is 9.59 Å². The second kappa shape index (κ2) is 5.41. The zero-order valence-corrected chi connectivity index (χ0v) is 17.0. The van der Waals surface area contributed by atoms with Gasteiger partial charge in [0, 0.05) is 12.8 Å². The minimum absolute atomic E-state index is 0.119. The van der Waals surface area contributed by atoms with Crippen molar-refractivity contribution in [3.8, 4) is 0 Å². The first-order valence-corrected chi connectivity index (χ1v) is 10.7. The van der Waals surface area contributed by atoms with Crippen molar-refractivity contribution in [3.05, 3.63) is 0 Å². The van der Waals surface area contributed by atoms with Gasteiger partial charge in [-0.1, -0.05) is 29.8 Å². The average Bonchev–Trinajstić information content (AvgIpc) is 2.81. The summed E-state index contributed by atoms with van der Waals surface area (Å²) in [5.41, 5.74) is 0.486. The van der Waals surface area contributed by atoms with Gasteiger partial charge in [0.15, 0.2) is 0 Å². The van der Waals surface area contributed by atoms with Crippen LogP contribution < -0.4 is 0 Å². The fourth-order valence-electron chi connectivity index (χ4n) is 7.61. The topological polar surface area (TPSA) is 34.1 Å². The molecule has 0 spiro atoms. The number of hydrogen-bond donors (Lipinski definition) is 0. The van der Waals surface area contributed by atoms with Crippen molar-refractivity contribution < 1.29 is 9.59 Å². The number of fused-ring (bicyclic) bond motifs is 5. The van der Waals surface area contributed by atoms with Crippen LogP contribution in [0.4, 0.5) is 0 Å². The number of carbonyl (C=O) groups is 2. The quantitative estimate of drug-likeness (QED) is 0.563. The van der Waals surface area contributed by atoms with E-state index in [1.807, 2.05) is 0 Å². The lowest BCUT2D eigenvalue weighted by atomic mass is 9.44. The highest BCUT2D eigenvalue weighted by Gasteiger charge is 2.65. The van der Waals surface area contributed by atoms with E-state index in [1.165, 1.54) is 32.1 Å². The zero-order chi connectivity index (χ0) is 17.3. The molecule has 4 fully saturated rings. The zero-order valence-electron chi connectivity index (χ0n) is 15.4. The Kier molecular flexibility index (Phi) is 3.89. The summed E-state index contributed by atoms with van der Waals surface area (Å²) >= 11 is 3.92. The van der Waals surface area contributed by atoms with Crippen molar-refractivity contribution in [2.45, 2.75) is 82.9 Å². The first-order chi connectivity index (χ1) is 11.2. The van der Waals surface area contributed by atoms with Crippen molar-refractivity contribution in [1.29, 1.82) is 0 Å². The lowest BCUT2D eigenvalue weighted by Crippen LogP contribution is -2.56. The maximum Gasteiger partial charge on any atom is 0.147 e. The van der Waals surface area contributed by atoms with Gasteiger partial charge >= 0.3 is 0 Å². The molecule has 0 saturated heterocycles. The van der Waals surface area contributed by atoms with Crippen molar-refractivity contribution >= 4 is 27.5 Å². The Hall–Kier alpha value is -0.180. The molecule has 4 saturated carbocycles. The molecule has 3 heteroatoms. The summed E-state index contributed by atoms with van der Waals surface area (Å²) in [5.74, 6) is 3.64. The van der Waals surface area contributed by atoms with Gasteiger partial charge in [0.25, 0.3) is 0 Å². The van der Waals surface area contributed by atoms with Crippen LogP contribution in [0.2, 0.25) is 0 Å². The van der Waals surface area contributed by atoms with E-state index in [0.29, 0.717) is 28.8 Å². The Bertz CT molecular complexity index is 586. The monoisotopic (exact) mass is 394 g/mol. The van der Waals surface area contributed by atoms with Gasteiger partial charge in [-0.25, -0.2) is 0 Å². The maximum atomic E-state index is 12.4. The molecule has 2 nitrogen and oxygen atoms in total. The van der Waals surface area contributed by atoms with Crippen LogP contribution in [0.3, 0.4) is 0 Å². The van der Waals surface area contributed by atoms with E-state index in [4.69, 9.17) is 0 Å². The van der Waals surface area contributed by atoms with E-state index in [-0.39, 0.29) is 9.74 Å². The van der Waals surface area contributed by atoms with Gasteiger partial charge in [0.05, 0.1) is 4.32 Å². The molecule has 0 heterocycles. The van der Waals surface area contributed by atoms with Crippen LogP contribution in [0, 0.1) is 34.5 Å². The predicted molar refractivity (Wildman–Crippen MR) is 99.1 cm³/mol. The molecule has 0 aliphatic heterocycles. The van der Waals surface area contributed by atoms with Crippen LogP contribution in [-0.2, 0) is 9.59 Å². The number of Topliss-reactive ketones (excluding diaryl/α,β-unsaturated/α-hetero) is 2. The fraction of sp³-hybridized carbons (Fsp3) is 0.905. The normalized spacial score (nSPS) is 53.9. The predicted octanol–water partition coefficient (Wildman–Crippen LogP) is 5.32. The van der Waals surface area contributed by atoms with Gasteiger partial charge in [-0.15, -0.1) is 0 Å². The minimum atomic E-state index is -0.296. The Balaban J connectivity index is 1.66. The van der Waals surface area contributed by atoms with Gasteiger partial charge < -0.3 is 0 Å². The Morgan fingerprint density at radius 3 is 2.46 bits per heavy atom. The van der Waals surface area contributed by atoms with Crippen LogP contribution in [0.5, 0.6) is 0 Å². The molecule has 4 rings (SSSR count). The van der Waals surface area contributed by atoms with Gasteiger partial charge in [-0.05, 0) is 86.4 Å². The summed E-state index contributed by atoms with van der Waals surface area (Å²) in [4.78, 5) is 24.4. The van der Waals surface area contributed by atoms with E-state index in [0.717, 1.165) is 37.5 Å². The van der Waals surface area contributed by atoms with Crippen molar-refractivity contribution in [2.24, 2.45) is 34.5 Å². The third kappa shape index (κ3) is 2.06. The van der Waals surface area contributed by atoms with Crippen molar-refractivity contribution in [2.75, 3.05) is 0 Å². The van der Waals surface area contributed by atoms with Crippen LogP contribution in [0.25, 0.3) is 0 Å². The molecular weight excluding hydrogens is 364 g/mol. The molecule has 0 N–H and O–H groups in total. The second-order valence-corrected chi connectivity index (χ2v) is 11.1. The third-order valence-electron chi connectivity index (χ3n) is 9.13. The van der Waals surface area contributed by atoms with E-state index in [1.54, 1.807) is 6.92 Å². The molecule has 1 unspecified atom stereocenters. The van der Waals surface area contributed by atoms with Gasteiger partial charge in [-0.3, -0.25) is 9.59 Å². The van der Waals surface area contributed by atoms with Gasteiger partial charge in [0.1, 0.15) is 11.6 Å². The summed E-state index contributed by atoms with van der Waals surface area (Å²) in [6.45, 7) is 6.65. The fourth-order valence-corrected chi connectivity index (χ4v) is 8.33. The number of hydrogen-bond acceptors (Lipinski definition) is 2. The minimum Gasteiger partial charge on any atom is -0.300 e. The molecule has 0 amide bonds. The molecular formula is C21H31BrO2. The first-order valence-electron chi connectivity index (χ1n) is 9.94. The van der Waals surface area contributed by atoms with Crippen LogP contribution in [0.15, 0.2) is 0 Å². The number of rotatable bonds is 1. The SMILES string of the molecule is CC(=O)[C@@]1(Br)CC[C@H]2[C@@H]3CCC4CC(=O)CC[C@]4(C)[C@H]3CC[C@@]21C. The number of ketones is 2. The molecule has 0 aromatic carbocycles. The average molecular weight is 395 g/mol. The Morgan fingerprint density at radius 2 is 1.75 bits per heavy atom. The standard InChI is InChI=1S/C21H31BrO2/c1-13(23)21(22)11-8-18-16-5-4-14-12-15(24)6-9-19(14,2)17(16)7-10-20(18,21)3/h14,16-18H,4-12H2,1-3H3/t14?,16-,17+,18+,19+,20+,21+/m1/s1. The summed E-state index contributed by atoms with van der Waals surface area (Å²) in [6, 6.07) is 0. The summed E-state index contributed by atoms with van der Waals surface area (Å²) < 4.78 is -0.296. The van der Waals surface area contributed by atoms with E-state index >= 15 is 0 Å². The second-order valence-electron chi connectivity index (χ2n) is 9.75. The number of carbonyl (C=O) groups excluding carboxylic acids is 2. The van der Waals surface area contributed by atoms with Crippen LogP contribution in [0.1, 0.15) is 78.6 Å². The molecule has 7 atom stereocenters. The highest BCUT2D eigenvalue weighted by Crippen LogP contribution is 2.69. The number of halogens is 1. The van der Waals surface area contributed by atoms with E-state index in [2.05, 4.69) is 29.8 Å². The molecule has 134 valence electrons. The summed E-state index contributed by atoms with van der Waals surface area (Å²) in [7, 11) is 0. The lowest BCUT2D eigenvalue weighted by Gasteiger charge is -2.60. The molecule has 0 radical (unpaired) electrons. The van der Waals surface area contributed by atoms with Crippen molar-refractivity contribution in [3.63, 3.8) is 0 Å². The van der Waals surface area contributed by atoms with Gasteiger partial charge in [0.2, 0.25) is 0 Å². The Labute approximate surface area is 154 Å². The highest BCUT2D eigenvalue weighted by molar-refractivity contribution is 9.10. The smallest absolute Gasteiger partial charge is 0.147 e. The van der Waals surface area contributed by atoms with Crippen LogP contribution >= 0.6 is 15.9 Å². The van der Waals surface area contributed by atoms with E-state index < -0.39 is 0 Å². The number of alkyl halides is 1. The summed E-state index contributed by atoms with van der Waals surface area (Å²) in [6.07, 6.45) is 9.86. The molecule has 4 aliphatic carbocycles. The van der Waals surface area contributed by atoms with Gasteiger partial charge in [-0.2, -0.15) is 0 Å².